The van der Waals surface area contributed by atoms with Gasteiger partial charge in [-0.1, -0.05) is 7.43 Å². The van der Waals surface area contributed by atoms with Crippen LogP contribution in [0.5, 0.6) is 0 Å². The number of amidine groups is 1. The number of hydrogen-bond acceptors (Lipinski definition) is 2. The molecule has 3 nitrogen and oxygen atoms in total. The Balaban J connectivity index is -0.000000163. The Morgan fingerprint density at radius 2 is 1.64 bits per heavy atom. The van der Waals surface area contributed by atoms with Crippen molar-refractivity contribution in [1.29, 1.82) is 0 Å². The second-order valence-corrected chi connectivity index (χ2v) is 2.76. The summed E-state index contributed by atoms with van der Waals surface area (Å²) >= 11 is 0. The lowest BCUT2D eigenvalue weighted by Crippen LogP contribution is -2.18. The van der Waals surface area contributed by atoms with Gasteiger partial charge in [0.1, 0.15) is 0 Å². The lowest BCUT2D eigenvalue weighted by atomic mass is 10.5. The molecule has 0 unspecified atom stereocenters. The predicted octanol–water partition coefficient (Wildman–Crippen LogP) is 2.77. The Kier molecular flexibility index (Phi) is 19.7. The third-order valence-corrected chi connectivity index (χ3v) is 1.24. The van der Waals surface area contributed by atoms with Crippen molar-refractivity contribution in [2.45, 2.75) is 42.0 Å². The van der Waals surface area contributed by atoms with Crippen LogP contribution in [0.3, 0.4) is 0 Å². The Labute approximate surface area is 89.7 Å². The van der Waals surface area contributed by atoms with Crippen LogP contribution >= 0.6 is 0 Å². The molecule has 0 aliphatic carbocycles. The summed E-state index contributed by atoms with van der Waals surface area (Å²) in [5.74, 6) is 1.00. The average molecular weight is 201 g/mol. The zero-order valence-corrected chi connectivity index (χ0v) is 9.81. The zero-order chi connectivity index (χ0) is 10.7. The number of aliphatic imine (C=N–C) groups is 2. The third kappa shape index (κ3) is 22.5. The fourth-order valence-electron chi connectivity index (χ4n) is 0.651. The highest BCUT2D eigenvalue weighted by atomic mass is 15.0. The van der Waals surface area contributed by atoms with E-state index in [9.17, 15) is 0 Å². The highest BCUT2D eigenvalue weighted by molar-refractivity contribution is 5.79. The van der Waals surface area contributed by atoms with Crippen LogP contribution in [-0.2, 0) is 0 Å². The summed E-state index contributed by atoms with van der Waals surface area (Å²) in [6, 6.07) is 0. The van der Waals surface area contributed by atoms with Crippen LogP contribution in [0.2, 0.25) is 0 Å². The van der Waals surface area contributed by atoms with Gasteiger partial charge in [0.25, 0.3) is 0 Å². The smallest absolute Gasteiger partial charge is 0.0928 e. The summed E-state index contributed by atoms with van der Waals surface area (Å²) in [5, 5.41) is 3.05. The van der Waals surface area contributed by atoms with Crippen molar-refractivity contribution in [3.05, 3.63) is 0 Å². The van der Waals surface area contributed by atoms with Gasteiger partial charge in [0.2, 0.25) is 0 Å². The second-order valence-electron chi connectivity index (χ2n) is 2.76. The average Bonchev–Trinajstić information content (AvgIpc) is 2.05. The molecule has 0 spiro atoms. The van der Waals surface area contributed by atoms with Crippen molar-refractivity contribution in [3.8, 4) is 0 Å². The molecule has 0 atom stereocenters. The topological polar surface area (TPSA) is 36.8 Å². The summed E-state index contributed by atoms with van der Waals surface area (Å²) in [7, 11) is 1.78. The van der Waals surface area contributed by atoms with Crippen LogP contribution in [0.25, 0.3) is 0 Å². The van der Waals surface area contributed by atoms with Crippen molar-refractivity contribution in [1.82, 2.24) is 5.32 Å². The van der Waals surface area contributed by atoms with E-state index < -0.39 is 0 Å². The molecule has 0 bridgehead atoms. The Morgan fingerprint density at radius 3 is 1.71 bits per heavy atom. The van der Waals surface area contributed by atoms with E-state index in [2.05, 4.69) is 22.2 Å². The molecule has 0 saturated carbocycles. The number of rotatable bonds is 2. The normalized spacial score (nSPS) is 9.14. The lowest BCUT2D eigenvalue weighted by Gasteiger charge is -1.96. The van der Waals surface area contributed by atoms with Gasteiger partial charge in [-0.2, -0.15) is 0 Å². The van der Waals surface area contributed by atoms with Crippen LogP contribution in [-0.4, -0.2) is 31.7 Å². The van der Waals surface area contributed by atoms with Crippen molar-refractivity contribution in [2.24, 2.45) is 9.98 Å². The molecule has 0 aliphatic rings. The van der Waals surface area contributed by atoms with E-state index in [1.165, 1.54) is 0 Å². The quantitative estimate of drug-likeness (QED) is 0.541. The molecule has 0 saturated heterocycles. The van der Waals surface area contributed by atoms with Crippen molar-refractivity contribution >= 4 is 11.5 Å². The standard InChI is InChI=1S/C5H12N2.C5H11N.CH4/c1-4-7-5(2)6-3;1-4-6-5(2)3;/h4H2,1-3H3,(H,6,7);4H2,1-3H3;1H4. The molecule has 0 rings (SSSR count). The Hall–Kier alpha value is -0.860. The van der Waals surface area contributed by atoms with E-state index >= 15 is 0 Å². The summed E-state index contributed by atoms with van der Waals surface area (Å²) in [5.41, 5.74) is 1.16. The van der Waals surface area contributed by atoms with Crippen LogP contribution in [0, 0.1) is 0 Å². The van der Waals surface area contributed by atoms with Gasteiger partial charge in [-0.25, -0.2) is 0 Å². The maximum atomic E-state index is 4.04. The van der Waals surface area contributed by atoms with Crippen LogP contribution in [0.4, 0.5) is 0 Å². The van der Waals surface area contributed by atoms with Gasteiger partial charge < -0.3 is 5.32 Å². The van der Waals surface area contributed by atoms with E-state index in [1.54, 1.807) is 7.05 Å². The molecular formula is C11H27N3. The molecule has 0 aromatic rings. The molecule has 0 radical (unpaired) electrons. The van der Waals surface area contributed by atoms with Crippen molar-refractivity contribution in [2.75, 3.05) is 20.1 Å². The molecule has 0 fully saturated rings. The summed E-state index contributed by atoms with van der Waals surface area (Å²) < 4.78 is 0. The molecule has 86 valence electrons. The monoisotopic (exact) mass is 201 g/mol. The van der Waals surface area contributed by atoms with Gasteiger partial charge in [0.15, 0.2) is 0 Å². The first-order valence-electron chi connectivity index (χ1n) is 4.73. The fraction of sp³-hybridized carbons (Fsp3) is 0.818. The highest BCUT2D eigenvalue weighted by Crippen LogP contribution is 1.70. The first kappa shape index (κ1) is 18.8. The first-order valence-corrected chi connectivity index (χ1v) is 4.73. The maximum Gasteiger partial charge on any atom is 0.0928 e. The van der Waals surface area contributed by atoms with E-state index in [1.807, 2.05) is 27.7 Å². The number of nitrogens with zero attached hydrogens (tertiary/aromatic N) is 2. The van der Waals surface area contributed by atoms with Gasteiger partial charge in [-0.05, 0) is 34.6 Å². The molecule has 0 amide bonds. The Bertz CT molecular complexity index is 156. The molecule has 0 aromatic carbocycles. The van der Waals surface area contributed by atoms with Gasteiger partial charge in [0.05, 0.1) is 5.84 Å². The SMILES string of the molecule is C.CCN=C(C)C.CCNC(C)=NC. The highest BCUT2D eigenvalue weighted by Gasteiger charge is 1.77. The first-order chi connectivity index (χ1) is 6.08. The van der Waals surface area contributed by atoms with Gasteiger partial charge in [-0.3, -0.25) is 9.98 Å². The molecule has 0 aliphatic heterocycles. The molecular weight excluding hydrogens is 174 g/mol. The van der Waals surface area contributed by atoms with Crippen LogP contribution in [0.15, 0.2) is 9.98 Å². The van der Waals surface area contributed by atoms with E-state index in [0.717, 1.165) is 24.6 Å². The van der Waals surface area contributed by atoms with E-state index in [4.69, 9.17) is 0 Å². The van der Waals surface area contributed by atoms with E-state index in [-0.39, 0.29) is 7.43 Å². The minimum atomic E-state index is 0. The van der Waals surface area contributed by atoms with Crippen molar-refractivity contribution < 1.29 is 0 Å². The Morgan fingerprint density at radius 1 is 1.14 bits per heavy atom. The lowest BCUT2D eigenvalue weighted by molar-refractivity contribution is 0.956. The third-order valence-electron chi connectivity index (χ3n) is 1.24. The number of hydrogen-bond donors (Lipinski definition) is 1. The largest absolute Gasteiger partial charge is 0.374 e. The summed E-state index contributed by atoms with van der Waals surface area (Å²) in [6.45, 7) is 11.9. The van der Waals surface area contributed by atoms with E-state index in [0.29, 0.717) is 0 Å². The summed E-state index contributed by atoms with van der Waals surface area (Å²) in [4.78, 5) is 7.93. The summed E-state index contributed by atoms with van der Waals surface area (Å²) in [6.07, 6.45) is 0. The zero-order valence-electron chi connectivity index (χ0n) is 9.81. The molecule has 14 heavy (non-hydrogen) atoms. The minimum absolute atomic E-state index is 0. The van der Waals surface area contributed by atoms with Crippen LogP contribution in [0.1, 0.15) is 42.0 Å². The second kappa shape index (κ2) is 14.7. The molecule has 0 heterocycles. The van der Waals surface area contributed by atoms with Crippen molar-refractivity contribution in [3.63, 3.8) is 0 Å². The molecule has 0 aromatic heterocycles. The maximum absolute atomic E-state index is 4.04. The molecule has 1 N–H and O–H groups in total. The minimum Gasteiger partial charge on any atom is -0.374 e. The van der Waals surface area contributed by atoms with Gasteiger partial charge in [0, 0.05) is 25.8 Å². The number of nitrogens with one attached hydrogen (secondary N) is 1. The van der Waals surface area contributed by atoms with Crippen LogP contribution < -0.4 is 5.32 Å². The van der Waals surface area contributed by atoms with Gasteiger partial charge >= 0.3 is 0 Å². The fourth-order valence-corrected chi connectivity index (χ4v) is 0.651. The predicted molar refractivity (Wildman–Crippen MR) is 68.8 cm³/mol. The van der Waals surface area contributed by atoms with Gasteiger partial charge in [-0.15, -0.1) is 0 Å². The molecule has 3 heteroatoms.